The van der Waals surface area contributed by atoms with Gasteiger partial charge in [-0.2, -0.15) is 0 Å². The van der Waals surface area contributed by atoms with Gasteiger partial charge in [-0.3, -0.25) is 5.16 Å². The standard InChI is InChI=1S/C7H13ClNP/c1-5(2)4-6(3)7(8)10-9/h5,7,9H,3-4H2,1-2H3. The number of alkyl halides is 1. The SMILES string of the molecule is C=C(CC(C)C)C(Cl)P=N. The molecular formula is C7H13ClNP. The van der Waals surface area contributed by atoms with Crippen molar-refractivity contribution in [1.82, 2.24) is 0 Å². The third kappa shape index (κ3) is 4.03. The van der Waals surface area contributed by atoms with Crippen LogP contribution in [-0.4, -0.2) is 5.12 Å². The predicted molar refractivity (Wildman–Crippen MR) is 47.9 cm³/mol. The van der Waals surface area contributed by atoms with Crippen LogP contribution in [0.4, 0.5) is 0 Å². The second-order valence-corrected chi connectivity index (χ2v) is 4.24. The smallest absolute Gasteiger partial charge is 0.113 e. The fourth-order valence-electron chi connectivity index (χ4n) is 0.713. The van der Waals surface area contributed by atoms with Crippen LogP contribution >= 0.6 is 20.0 Å². The topological polar surface area (TPSA) is 23.9 Å². The van der Waals surface area contributed by atoms with Crippen molar-refractivity contribution in [2.45, 2.75) is 25.4 Å². The lowest BCUT2D eigenvalue weighted by molar-refractivity contribution is 0.641. The highest BCUT2D eigenvalue weighted by molar-refractivity contribution is 7.29. The van der Waals surface area contributed by atoms with Crippen LogP contribution in [0.5, 0.6) is 0 Å². The maximum atomic E-state index is 6.96. The largest absolute Gasteiger partial charge is 0.282 e. The number of allylic oxidation sites excluding steroid dienone is 1. The summed E-state index contributed by atoms with van der Waals surface area (Å²) in [6.45, 7) is 8.05. The Morgan fingerprint density at radius 2 is 2.20 bits per heavy atom. The predicted octanol–water partition coefficient (Wildman–Crippen LogP) is 3.86. The first-order valence-electron chi connectivity index (χ1n) is 3.26. The zero-order valence-electron chi connectivity index (χ0n) is 6.39. The minimum absolute atomic E-state index is 0.178. The number of hydrogen-bond donors (Lipinski definition) is 1. The van der Waals surface area contributed by atoms with Crippen molar-refractivity contribution in [3.05, 3.63) is 12.2 Å². The van der Waals surface area contributed by atoms with Gasteiger partial charge in [0.25, 0.3) is 0 Å². The lowest BCUT2D eigenvalue weighted by atomic mass is 10.1. The van der Waals surface area contributed by atoms with Crippen molar-refractivity contribution in [2.24, 2.45) is 5.92 Å². The Balaban J connectivity index is 3.73. The van der Waals surface area contributed by atoms with Gasteiger partial charge in [-0.05, 0) is 17.9 Å². The monoisotopic (exact) mass is 177 g/mol. The zero-order valence-corrected chi connectivity index (χ0v) is 8.04. The highest BCUT2D eigenvalue weighted by Gasteiger charge is 2.07. The first-order chi connectivity index (χ1) is 4.57. The molecule has 0 saturated heterocycles. The summed E-state index contributed by atoms with van der Waals surface area (Å²) >= 11 is 5.76. The van der Waals surface area contributed by atoms with Gasteiger partial charge < -0.3 is 0 Å². The minimum atomic E-state index is -0.178. The summed E-state index contributed by atoms with van der Waals surface area (Å²) in [6, 6.07) is 0. The lowest BCUT2D eigenvalue weighted by Gasteiger charge is -2.08. The molecule has 0 aromatic carbocycles. The van der Waals surface area contributed by atoms with Gasteiger partial charge in [0, 0.05) is 8.37 Å². The van der Waals surface area contributed by atoms with E-state index in [0.717, 1.165) is 12.0 Å². The molecule has 1 atom stereocenters. The van der Waals surface area contributed by atoms with Gasteiger partial charge in [-0.15, -0.1) is 11.6 Å². The van der Waals surface area contributed by atoms with Crippen molar-refractivity contribution < 1.29 is 0 Å². The Labute approximate surface area is 69.2 Å². The van der Waals surface area contributed by atoms with Crippen LogP contribution in [0.1, 0.15) is 20.3 Å². The molecule has 0 aliphatic rings. The van der Waals surface area contributed by atoms with E-state index in [1.165, 1.54) is 0 Å². The molecule has 0 fully saturated rings. The molecule has 10 heavy (non-hydrogen) atoms. The van der Waals surface area contributed by atoms with Crippen molar-refractivity contribution in [3.63, 3.8) is 0 Å². The Morgan fingerprint density at radius 3 is 2.50 bits per heavy atom. The molecule has 58 valence electrons. The number of hydrogen-bond acceptors (Lipinski definition) is 1. The summed E-state index contributed by atoms with van der Waals surface area (Å²) in [6.07, 6.45) is 0.931. The summed E-state index contributed by atoms with van der Waals surface area (Å²) in [5.74, 6) is 0.593. The fraction of sp³-hybridized carbons (Fsp3) is 0.714. The van der Waals surface area contributed by atoms with E-state index in [-0.39, 0.29) is 5.12 Å². The van der Waals surface area contributed by atoms with E-state index in [9.17, 15) is 0 Å². The zero-order chi connectivity index (χ0) is 8.15. The summed E-state index contributed by atoms with van der Waals surface area (Å²) in [4.78, 5) is 0. The van der Waals surface area contributed by atoms with Crippen molar-refractivity contribution in [3.8, 4) is 0 Å². The Bertz CT molecular complexity index is 134. The minimum Gasteiger partial charge on any atom is -0.282 e. The summed E-state index contributed by atoms with van der Waals surface area (Å²) in [5, 5.41) is 6.78. The molecule has 0 amide bonds. The second kappa shape index (κ2) is 4.87. The Kier molecular flexibility index (Phi) is 4.93. The highest BCUT2D eigenvalue weighted by atomic mass is 35.5. The lowest BCUT2D eigenvalue weighted by Crippen LogP contribution is -1.97. The third-order valence-electron chi connectivity index (χ3n) is 1.12. The van der Waals surface area contributed by atoms with E-state index in [1.807, 2.05) is 0 Å². The summed E-state index contributed by atoms with van der Waals surface area (Å²) in [7, 11) is 0.459. The molecule has 0 aliphatic heterocycles. The molecule has 1 nitrogen and oxygen atoms in total. The van der Waals surface area contributed by atoms with E-state index in [1.54, 1.807) is 0 Å². The molecule has 0 aromatic rings. The van der Waals surface area contributed by atoms with Crippen LogP contribution in [0.25, 0.3) is 0 Å². The number of rotatable bonds is 4. The van der Waals surface area contributed by atoms with Crippen molar-refractivity contribution in [2.75, 3.05) is 0 Å². The molecule has 0 bridgehead atoms. The highest BCUT2D eigenvalue weighted by Crippen LogP contribution is 2.24. The molecule has 1 N–H and O–H groups in total. The quantitative estimate of drug-likeness (QED) is 0.383. The molecule has 3 heteroatoms. The van der Waals surface area contributed by atoms with Crippen LogP contribution in [-0.2, 0) is 0 Å². The number of halogens is 1. The molecule has 0 saturated carbocycles. The van der Waals surface area contributed by atoms with Crippen LogP contribution < -0.4 is 0 Å². The maximum absolute atomic E-state index is 6.96. The third-order valence-corrected chi connectivity index (χ3v) is 2.31. The van der Waals surface area contributed by atoms with Gasteiger partial charge >= 0.3 is 0 Å². The average molecular weight is 178 g/mol. The van der Waals surface area contributed by atoms with Gasteiger partial charge in [-0.1, -0.05) is 20.4 Å². The van der Waals surface area contributed by atoms with Gasteiger partial charge in [0.1, 0.15) is 5.12 Å². The van der Waals surface area contributed by atoms with E-state index in [0.29, 0.717) is 14.3 Å². The van der Waals surface area contributed by atoms with Gasteiger partial charge in [-0.25, -0.2) is 0 Å². The summed E-state index contributed by atoms with van der Waals surface area (Å²) < 4.78 is 0. The first kappa shape index (κ1) is 10.1. The molecule has 0 heterocycles. The maximum Gasteiger partial charge on any atom is 0.113 e. The Hall–Kier alpha value is 0.130. The van der Waals surface area contributed by atoms with Gasteiger partial charge in [0.15, 0.2) is 0 Å². The summed E-state index contributed by atoms with van der Waals surface area (Å²) in [5.41, 5.74) is 0.980. The fourth-order valence-corrected chi connectivity index (χ4v) is 1.09. The molecule has 0 rings (SSSR count). The molecule has 1 unspecified atom stereocenters. The molecule has 0 spiro atoms. The van der Waals surface area contributed by atoms with E-state index in [4.69, 9.17) is 16.8 Å². The van der Waals surface area contributed by atoms with E-state index in [2.05, 4.69) is 20.4 Å². The second-order valence-electron chi connectivity index (χ2n) is 2.72. The normalized spacial score (nSPS) is 14.0. The number of nitrogens with one attached hydrogen (secondary N) is 1. The van der Waals surface area contributed by atoms with Crippen molar-refractivity contribution >= 4 is 20.0 Å². The average Bonchev–Trinajstić information content (AvgIpc) is 1.85. The molecule has 0 aliphatic carbocycles. The Morgan fingerprint density at radius 1 is 1.70 bits per heavy atom. The first-order valence-corrected chi connectivity index (χ1v) is 4.66. The van der Waals surface area contributed by atoms with E-state index < -0.39 is 0 Å². The van der Waals surface area contributed by atoms with E-state index >= 15 is 0 Å². The molecular weight excluding hydrogens is 165 g/mol. The van der Waals surface area contributed by atoms with Crippen LogP contribution in [0.15, 0.2) is 12.2 Å². The van der Waals surface area contributed by atoms with Gasteiger partial charge in [0.2, 0.25) is 0 Å². The molecule has 0 aromatic heterocycles. The van der Waals surface area contributed by atoms with Crippen LogP contribution in [0.3, 0.4) is 0 Å². The molecule has 0 radical (unpaired) electrons. The van der Waals surface area contributed by atoms with Crippen molar-refractivity contribution in [1.29, 1.82) is 5.16 Å². The van der Waals surface area contributed by atoms with Gasteiger partial charge in [0.05, 0.1) is 0 Å². The van der Waals surface area contributed by atoms with Crippen LogP contribution in [0.2, 0.25) is 0 Å². The van der Waals surface area contributed by atoms with Crippen LogP contribution in [0, 0.1) is 11.1 Å².